The molecule has 0 amide bonds. The standard InChI is InChI=1S/C13H27N/c1-11(2)9-14-10-12(3)13-7-5-4-6-8-13/h11-14H,4-10H2,1-3H3. The fourth-order valence-electron chi connectivity index (χ4n) is 2.47. The Labute approximate surface area is 89.7 Å². The van der Waals surface area contributed by atoms with Crippen molar-refractivity contribution in [3.05, 3.63) is 0 Å². The van der Waals surface area contributed by atoms with Crippen molar-refractivity contribution in [3.63, 3.8) is 0 Å². The van der Waals surface area contributed by atoms with Crippen molar-refractivity contribution in [1.29, 1.82) is 0 Å². The van der Waals surface area contributed by atoms with Crippen LogP contribution in [0, 0.1) is 17.8 Å². The van der Waals surface area contributed by atoms with Crippen LogP contribution in [0.2, 0.25) is 0 Å². The van der Waals surface area contributed by atoms with Crippen LogP contribution < -0.4 is 5.32 Å². The van der Waals surface area contributed by atoms with Gasteiger partial charge in [-0.15, -0.1) is 0 Å². The first-order valence-corrected chi connectivity index (χ1v) is 6.41. The van der Waals surface area contributed by atoms with Gasteiger partial charge in [-0.1, -0.05) is 52.9 Å². The lowest BCUT2D eigenvalue weighted by Gasteiger charge is -2.28. The maximum atomic E-state index is 3.58. The smallest absolute Gasteiger partial charge is 0.00204 e. The van der Waals surface area contributed by atoms with Crippen molar-refractivity contribution < 1.29 is 0 Å². The van der Waals surface area contributed by atoms with Crippen LogP contribution in [-0.4, -0.2) is 13.1 Å². The fourth-order valence-corrected chi connectivity index (χ4v) is 2.47. The van der Waals surface area contributed by atoms with Crippen LogP contribution in [0.4, 0.5) is 0 Å². The van der Waals surface area contributed by atoms with Gasteiger partial charge >= 0.3 is 0 Å². The van der Waals surface area contributed by atoms with E-state index in [1.54, 1.807) is 0 Å². The zero-order chi connectivity index (χ0) is 10.4. The van der Waals surface area contributed by atoms with E-state index in [1.165, 1.54) is 45.2 Å². The monoisotopic (exact) mass is 197 g/mol. The van der Waals surface area contributed by atoms with E-state index in [0.717, 1.165) is 17.8 Å². The molecule has 1 N–H and O–H groups in total. The molecule has 0 bridgehead atoms. The minimum Gasteiger partial charge on any atom is -0.316 e. The van der Waals surface area contributed by atoms with Crippen LogP contribution in [-0.2, 0) is 0 Å². The van der Waals surface area contributed by atoms with Crippen LogP contribution >= 0.6 is 0 Å². The molecule has 0 radical (unpaired) electrons. The Morgan fingerprint density at radius 3 is 2.21 bits per heavy atom. The van der Waals surface area contributed by atoms with Gasteiger partial charge in [-0.3, -0.25) is 0 Å². The quantitative estimate of drug-likeness (QED) is 0.712. The van der Waals surface area contributed by atoms with E-state index in [1.807, 2.05) is 0 Å². The molecule has 0 saturated heterocycles. The molecule has 1 fully saturated rings. The highest BCUT2D eigenvalue weighted by molar-refractivity contribution is 4.72. The van der Waals surface area contributed by atoms with Crippen molar-refractivity contribution in [2.45, 2.75) is 52.9 Å². The first-order valence-electron chi connectivity index (χ1n) is 6.41. The lowest BCUT2D eigenvalue weighted by atomic mass is 9.81. The van der Waals surface area contributed by atoms with E-state index >= 15 is 0 Å². The van der Waals surface area contributed by atoms with E-state index in [-0.39, 0.29) is 0 Å². The van der Waals surface area contributed by atoms with Gasteiger partial charge in [0.15, 0.2) is 0 Å². The Bertz CT molecular complexity index is 136. The molecule has 0 aliphatic heterocycles. The van der Waals surface area contributed by atoms with Crippen LogP contribution in [0.1, 0.15) is 52.9 Å². The van der Waals surface area contributed by atoms with E-state index in [2.05, 4.69) is 26.1 Å². The van der Waals surface area contributed by atoms with Crippen molar-refractivity contribution in [2.75, 3.05) is 13.1 Å². The zero-order valence-corrected chi connectivity index (χ0v) is 10.2. The minimum atomic E-state index is 0.786. The van der Waals surface area contributed by atoms with Crippen molar-refractivity contribution in [3.8, 4) is 0 Å². The van der Waals surface area contributed by atoms with Gasteiger partial charge in [0, 0.05) is 0 Å². The molecule has 1 aliphatic carbocycles. The highest BCUT2D eigenvalue weighted by atomic mass is 14.9. The molecule has 0 aromatic carbocycles. The maximum absolute atomic E-state index is 3.58. The van der Waals surface area contributed by atoms with Crippen molar-refractivity contribution in [2.24, 2.45) is 17.8 Å². The van der Waals surface area contributed by atoms with Gasteiger partial charge in [-0.2, -0.15) is 0 Å². The van der Waals surface area contributed by atoms with E-state index in [0.29, 0.717) is 0 Å². The summed E-state index contributed by atoms with van der Waals surface area (Å²) in [6.07, 6.45) is 7.37. The molecular weight excluding hydrogens is 170 g/mol. The van der Waals surface area contributed by atoms with Gasteiger partial charge in [0.05, 0.1) is 0 Å². The highest BCUT2D eigenvalue weighted by Gasteiger charge is 2.19. The normalized spacial score (nSPS) is 21.4. The Hall–Kier alpha value is -0.0400. The summed E-state index contributed by atoms with van der Waals surface area (Å²) in [6.45, 7) is 9.37. The molecule has 0 heterocycles. The maximum Gasteiger partial charge on any atom is -0.00204 e. The van der Waals surface area contributed by atoms with E-state index in [4.69, 9.17) is 0 Å². The molecule has 1 nitrogen and oxygen atoms in total. The predicted molar refractivity (Wildman–Crippen MR) is 63.4 cm³/mol. The van der Waals surface area contributed by atoms with Crippen LogP contribution in [0.15, 0.2) is 0 Å². The summed E-state index contributed by atoms with van der Waals surface area (Å²) in [4.78, 5) is 0. The second kappa shape index (κ2) is 6.44. The van der Waals surface area contributed by atoms with Crippen molar-refractivity contribution in [1.82, 2.24) is 5.32 Å². The van der Waals surface area contributed by atoms with E-state index < -0.39 is 0 Å². The summed E-state index contributed by atoms with van der Waals surface area (Å²) < 4.78 is 0. The number of hydrogen-bond acceptors (Lipinski definition) is 1. The lowest BCUT2D eigenvalue weighted by molar-refractivity contribution is 0.255. The molecular formula is C13H27N. The van der Waals surface area contributed by atoms with Crippen molar-refractivity contribution >= 4 is 0 Å². The third-order valence-corrected chi connectivity index (χ3v) is 3.47. The average molecular weight is 197 g/mol. The van der Waals surface area contributed by atoms with Gasteiger partial charge in [0.2, 0.25) is 0 Å². The lowest BCUT2D eigenvalue weighted by Crippen LogP contribution is -2.29. The average Bonchev–Trinajstić information content (AvgIpc) is 2.18. The third kappa shape index (κ3) is 4.45. The topological polar surface area (TPSA) is 12.0 Å². The van der Waals surface area contributed by atoms with Gasteiger partial charge in [0.1, 0.15) is 0 Å². The Morgan fingerprint density at radius 2 is 1.64 bits per heavy atom. The summed E-state index contributed by atoms with van der Waals surface area (Å²) in [6, 6.07) is 0. The largest absolute Gasteiger partial charge is 0.316 e. The summed E-state index contributed by atoms with van der Waals surface area (Å²) in [7, 11) is 0. The molecule has 1 heteroatoms. The first kappa shape index (κ1) is 12.0. The minimum absolute atomic E-state index is 0.786. The number of nitrogens with one attached hydrogen (secondary N) is 1. The van der Waals surface area contributed by atoms with Gasteiger partial charge < -0.3 is 5.32 Å². The molecule has 1 aliphatic rings. The molecule has 1 unspecified atom stereocenters. The third-order valence-electron chi connectivity index (χ3n) is 3.47. The molecule has 1 saturated carbocycles. The highest BCUT2D eigenvalue weighted by Crippen LogP contribution is 2.29. The molecule has 0 aromatic heterocycles. The van der Waals surface area contributed by atoms with Gasteiger partial charge in [0.25, 0.3) is 0 Å². The second-order valence-electron chi connectivity index (χ2n) is 5.43. The number of hydrogen-bond donors (Lipinski definition) is 1. The number of rotatable bonds is 5. The molecule has 14 heavy (non-hydrogen) atoms. The summed E-state index contributed by atoms with van der Waals surface area (Å²) in [5.41, 5.74) is 0. The molecule has 1 rings (SSSR count). The summed E-state index contributed by atoms with van der Waals surface area (Å²) in [5, 5.41) is 3.58. The second-order valence-corrected chi connectivity index (χ2v) is 5.43. The molecule has 0 spiro atoms. The summed E-state index contributed by atoms with van der Waals surface area (Å²) in [5.74, 6) is 2.67. The fraction of sp³-hybridized carbons (Fsp3) is 1.00. The molecule has 84 valence electrons. The molecule has 0 aromatic rings. The van der Waals surface area contributed by atoms with Crippen LogP contribution in [0.5, 0.6) is 0 Å². The predicted octanol–water partition coefficient (Wildman–Crippen LogP) is 3.45. The Balaban J connectivity index is 2.10. The Morgan fingerprint density at radius 1 is 1.00 bits per heavy atom. The SMILES string of the molecule is CC(C)CNCC(C)C1CCCCC1. The van der Waals surface area contributed by atoms with Crippen LogP contribution in [0.3, 0.4) is 0 Å². The van der Waals surface area contributed by atoms with Gasteiger partial charge in [-0.25, -0.2) is 0 Å². The summed E-state index contributed by atoms with van der Waals surface area (Å²) >= 11 is 0. The first-order chi connectivity index (χ1) is 6.70. The van der Waals surface area contributed by atoms with Gasteiger partial charge in [-0.05, 0) is 30.8 Å². The van der Waals surface area contributed by atoms with E-state index in [9.17, 15) is 0 Å². The van der Waals surface area contributed by atoms with Crippen LogP contribution in [0.25, 0.3) is 0 Å². The zero-order valence-electron chi connectivity index (χ0n) is 10.2. The molecule has 1 atom stereocenters. The Kier molecular flexibility index (Phi) is 5.54.